The van der Waals surface area contributed by atoms with Crippen LogP contribution in [0.25, 0.3) is 0 Å². The van der Waals surface area contributed by atoms with Crippen LogP contribution in [0.3, 0.4) is 0 Å². The Labute approximate surface area is 152 Å². The van der Waals surface area contributed by atoms with E-state index in [4.69, 9.17) is 0 Å². The predicted octanol–water partition coefficient (Wildman–Crippen LogP) is 3.54. The highest BCUT2D eigenvalue weighted by Crippen LogP contribution is 2.28. The molecule has 1 N–H and O–H groups in total. The Balaban J connectivity index is 1.77. The molecular formula is C19H23N3O2S. The Morgan fingerprint density at radius 1 is 1.36 bits per heavy atom. The number of nitrogens with zero attached hydrogens (tertiary/aromatic N) is 2. The molecule has 2 unspecified atom stereocenters. The smallest absolute Gasteiger partial charge is 0.243 e. The van der Waals surface area contributed by atoms with Gasteiger partial charge < -0.3 is 5.32 Å². The van der Waals surface area contributed by atoms with Gasteiger partial charge in [-0.25, -0.2) is 4.98 Å². The van der Waals surface area contributed by atoms with Gasteiger partial charge in [-0.2, -0.15) is 0 Å². The first-order valence-electron chi connectivity index (χ1n) is 8.63. The molecule has 2 heterocycles. The summed E-state index contributed by atoms with van der Waals surface area (Å²) in [6.07, 6.45) is 3.53. The van der Waals surface area contributed by atoms with Gasteiger partial charge in [0.05, 0.1) is 6.04 Å². The van der Waals surface area contributed by atoms with E-state index in [1.165, 1.54) is 0 Å². The van der Waals surface area contributed by atoms with Crippen LogP contribution in [0.5, 0.6) is 0 Å². The molecule has 1 fully saturated rings. The number of nitrogens with one attached hydrogen (secondary N) is 1. The fourth-order valence-electron chi connectivity index (χ4n) is 3.21. The van der Waals surface area contributed by atoms with Crippen LogP contribution in [-0.2, 0) is 9.59 Å². The van der Waals surface area contributed by atoms with Gasteiger partial charge in [-0.15, -0.1) is 11.3 Å². The van der Waals surface area contributed by atoms with Crippen molar-refractivity contribution in [2.24, 2.45) is 5.92 Å². The molecule has 0 saturated carbocycles. The second kappa shape index (κ2) is 7.78. The van der Waals surface area contributed by atoms with E-state index in [0.29, 0.717) is 18.8 Å². The molecule has 25 heavy (non-hydrogen) atoms. The van der Waals surface area contributed by atoms with Crippen LogP contribution in [0.1, 0.15) is 44.2 Å². The monoisotopic (exact) mass is 357 g/mol. The summed E-state index contributed by atoms with van der Waals surface area (Å²) in [5.74, 6) is 0.334. The lowest BCUT2D eigenvalue weighted by molar-refractivity contribution is -0.124. The lowest BCUT2D eigenvalue weighted by Crippen LogP contribution is -2.46. The van der Waals surface area contributed by atoms with E-state index in [-0.39, 0.29) is 17.9 Å². The molecule has 1 aromatic heterocycles. The zero-order chi connectivity index (χ0) is 17.8. The van der Waals surface area contributed by atoms with Crippen LogP contribution in [0, 0.1) is 5.92 Å². The maximum atomic E-state index is 12.9. The SMILES string of the molecule is CC(C)CC(NC(=O)C1CCC(=O)N1c1ccccc1)c1nccs1. The van der Waals surface area contributed by atoms with Crippen LogP contribution in [0.15, 0.2) is 41.9 Å². The Morgan fingerprint density at radius 2 is 2.12 bits per heavy atom. The molecular weight excluding hydrogens is 334 g/mol. The molecule has 2 amide bonds. The van der Waals surface area contributed by atoms with Gasteiger partial charge in [-0.05, 0) is 30.9 Å². The third-order valence-corrected chi connectivity index (χ3v) is 5.21. The summed E-state index contributed by atoms with van der Waals surface area (Å²) in [5, 5.41) is 5.96. The number of amides is 2. The number of para-hydroxylation sites is 1. The molecule has 2 atom stereocenters. The molecule has 3 rings (SSSR count). The van der Waals surface area contributed by atoms with E-state index in [2.05, 4.69) is 24.1 Å². The average Bonchev–Trinajstić information content (AvgIpc) is 3.24. The zero-order valence-corrected chi connectivity index (χ0v) is 15.3. The second-order valence-electron chi connectivity index (χ2n) is 6.71. The second-order valence-corrected chi connectivity index (χ2v) is 7.64. The molecule has 0 radical (unpaired) electrons. The largest absolute Gasteiger partial charge is 0.345 e. The highest BCUT2D eigenvalue weighted by atomic mass is 32.1. The van der Waals surface area contributed by atoms with Crippen molar-refractivity contribution in [1.82, 2.24) is 10.3 Å². The zero-order valence-electron chi connectivity index (χ0n) is 14.5. The van der Waals surface area contributed by atoms with E-state index in [9.17, 15) is 9.59 Å². The van der Waals surface area contributed by atoms with Crippen molar-refractivity contribution < 1.29 is 9.59 Å². The number of carbonyl (C=O) groups is 2. The molecule has 5 nitrogen and oxygen atoms in total. The number of aromatic nitrogens is 1. The predicted molar refractivity (Wildman–Crippen MR) is 99.4 cm³/mol. The van der Waals surface area contributed by atoms with Gasteiger partial charge in [0.25, 0.3) is 0 Å². The number of hydrogen-bond donors (Lipinski definition) is 1. The number of rotatable bonds is 6. The molecule has 1 aromatic carbocycles. The Hall–Kier alpha value is -2.21. The van der Waals surface area contributed by atoms with E-state index in [1.807, 2.05) is 35.7 Å². The topological polar surface area (TPSA) is 62.3 Å². The molecule has 1 aliphatic heterocycles. The van der Waals surface area contributed by atoms with Crippen molar-refractivity contribution in [1.29, 1.82) is 0 Å². The van der Waals surface area contributed by atoms with Gasteiger partial charge >= 0.3 is 0 Å². The fraction of sp³-hybridized carbons (Fsp3) is 0.421. The molecule has 6 heteroatoms. The Kier molecular flexibility index (Phi) is 5.48. The number of carbonyl (C=O) groups excluding carboxylic acids is 2. The summed E-state index contributed by atoms with van der Waals surface area (Å²) in [6.45, 7) is 4.25. The summed E-state index contributed by atoms with van der Waals surface area (Å²) >= 11 is 1.55. The van der Waals surface area contributed by atoms with Crippen molar-refractivity contribution in [2.45, 2.75) is 45.2 Å². The number of hydrogen-bond acceptors (Lipinski definition) is 4. The molecule has 2 aromatic rings. The van der Waals surface area contributed by atoms with Crippen LogP contribution in [0.2, 0.25) is 0 Å². The quantitative estimate of drug-likeness (QED) is 0.860. The van der Waals surface area contributed by atoms with Gasteiger partial charge in [0.2, 0.25) is 11.8 Å². The van der Waals surface area contributed by atoms with Gasteiger partial charge in [-0.1, -0.05) is 32.0 Å². The molecule has 1 saturated heterocycles. The highest BCUT2D eigenvalue weighted by Gasteiger charge is 2.38. The van der Waals surface area contributed by atoms with E-state index >= 15 is 0 Å². The van der Waals surface area contributed by atoms with Crippen molar-refractivity contribution >= 4 is 28.8 Å². The summed E-state index contributed by atoms with van der Waals surface area (Å²) in [4.78, 5) is 31.2. The minimum atomic E-state index is -0.454. The number of anilines is 1. The lowest BCUT2D eigenvalue weighted by Gasteiger charge is -2.26. The van der Waals surface area contributed by atoms with Crippen molar-refractivity contribution in [2.75, 3.05) is 4.90 Å². The van der Waals surface area contributed by atoms with Gasteiger partial charge in [0.1, 0.15) is 11.0 Å². The van der Waals surface area contributed by atoms with Gasteiger partial charge in [0, 0.05) is 23.7 Å². The molecule has 1 aliphatic rings. The number of benzene rings is 1. The normalized spacial score (nSPS) is 18.6. The first-order chi connectivity index (χ1) is 12.1. The maximum Gasteiger partial charge on any atom is 0.243 e. The third-order valence-electron chi connectivity index (χ3n) is 4.32. The Bertz CT molecular complexity index is 716. The van der Waals surface area contributed by atoms with E-state index in [1.54, 1.807) is 22.4 Å². The molecule has 132 valence electrons. The standard InChI is InChI=1S/C19H23N3O2S/c1-13(2)12-15(19-20-10-11-25-19)21-18(24)16-8-9-17(23)22(16)14-6-4-3-5-7-14/h3-7,10-11,13,15-16H,8-9,12H2,1-2H3,(H,21,24). The van der Waals surface area contributed by atoms with Crippen LogP contribution >= 0.6 is 11.3 Å². The molecule has 0 bridgehead atoms. The summed E-state index contributed by atoms with van der Waals surface area (Å²) < 4.78 is 0. The lowest BCUT2D eigenvalue weighted by atomic mass is 10.0. The van der Waals surface area contributed by atoms with Crippen LogP contribution in [-0.4, -0.2) is 22.8 Å². The van der Waals surface area contributed by atoms with Gasteiger partial charge in [0.15, 0.2) is 0 Å². The summed E-state index contributed by atoms with van der Waals surface area (Å²) in [6, 6.07) is 8.84. The van der Waals surface area contributed by atoms with Gasteiger partial charge in [-0.3, -0.25) is 14.5 Å². The summed E-state index contributed by atoms with van der Waals surface area (Å²) in [5.41, 5.74) is 0.778. The maximum absolute atomic E-state index is 12.9. The Morgan fingerprint density at radius 3 is 2.76 bits per heavy atom. The average molecular weight is 357 g/mol. The number of thiazole rings is 1. The van der Waals surface area contributed by atoms with Crippen molar-refractivity contribution in [3.8, 4) is 0 Å². The van der Waals surface area contributed by atoms with Crippen molar-refractivity contribution in [3.05, 3.63) is 46.9 Å². The van der Waals surface area contributed by atoms with Crippen molar-refractivity contribution in [3.63, 3.8) is 0 Å². The molecule has 0 aliphatic carbocycles. The first kappa shape index (κ1) is 17.6. The van der Waals surface area contributed by atoms with Crippen LogP contribution < -0.4 is 10.2 Å². The fourth-order valence-corrected chi connectivity index (χ4v) is 3.91. The summed E-state index contributed by atoms with van der Waals surface area (Å²) in [7, 11) is 0. The van der Waals surface area contributed by atoms with E-state index in [0.717, 1.165) is 17.1 Å². The third kappa shape index (κ3) is 4.07. The van der Waals surface area contributed by atoms with E-state index < -0.39 is 6.04 Å². The first-order valence-corrected chi connectivity index (χ1v) is 9.51. The van der Waals surface area contributed by atoms with Crippen LogP contribution in [0.4, 0.5) is 5.69 Å². The highest BCUT2D eigenvalue weighted by molar-refractivity contribution is 7.09. The molecule has 0 spiro atoms. The minimum absolute atomic E-state index is 0.000934. The minimum Gasteiger partial charge on any atom is -0.345 e.